The summed E-state index contributed by atoms with van der Waals surface area (Å²) in [5, 5.41) is 10.3. The number of piperidine rings is 1. The molecule has 0 spiro atoms. The molecule has 2 heterocycles. The van der Waals surface area contributed by atoms with Gasteiger partial charge in [-0.3, -0.25) is 9.79 Å². The van der Waals surface area contributed by atoms with Crippen molar-refractivity contribution in [2.75, 3.05) is 38.6 Å². The van der Waals surface area contributed by atoms with Crippen molar-refractivity contribution in [1.82, 2.24) is 15.5 Å². The maximum Gasteiger partial charge on any atom is 0.224 e. The van der Waals surface area contributed by atoms with Crippen molar-refractivity contribution in [3.8, 4) is 0 Å². The first-order valence-corrected chi connectivity index (χ1v) is 11.1. The van der Waals surface area contributed by atoms with Gasteiger partial charge in [-0.25, -0.2) is 0 Å². The molecule has 2 N–H and O–H groups in total. The van der Waals surface area contributed by atoms with E-state index in [1.165, 1.54) is 5.00 Å². The number of rotatable bonds is 7. The smallest absolute Gasteiger partial charge is 0.224 e. The van der Waals surface area contributed by atoms with Crippen LogP contribution in [0.4, 0.5) is 5.00 Å². The predicted molar refractivity (Wildman–Crippen MR) is 122 cm³/mol. The van der Waals surface area contributed by atoms with Crippen LogP contribution in [0.25, 0.3) is 0 Å². The highest BCUT2D eigenvalue weighted by molar-refractivity contribution is 7.14. The minimum absolute atomic E-state index is 0.126. The molecule has 156 valence electrons. The Morgan fingerprint density at radius 3 is 2.62 bits per heavy atom. The van der Waals surface area contributed by atoms with Crippen LogP contribution in [0, 0.1) is 0 Å². The number of hydrogen-bond donors (Lipinski definition) is 2. The SMILES string of the molecule is CN=C(NCCC(=O)N(C)Cc1ccccc1)NC1CCN(c2cccs2)CC1. The molecule has 1 saturated heterocycles. The van der Waals surface area contributed by atoms with Gasteiger partial charge in [0.15, 0.2) is 5.96 Å². The van der Waals surface area contributed by atoms with Gasteiger partial charge in [0.1, 0.15) is 0 Å². The molecule has 1 aliphatic heterocycles. The molecule has 6 nitrogen and oxygen atoms in total. The summed E-state index contributed by atoms with van der Waals surface area (Å²) in [6.07, 6.45) is 2.61. The van der Waals surface area contributed by atoms with Crippen molar-refractivity contribution in [2.24, 2.45) is 4.99 Å². The number of benzene rings is 1. The first-order valence-electron chi connectivity index (χ1n) is 10.2. The number of nitrogens with zero attached hydrogens (tertiary/aromatic N) is 3. The largest absolute Gasteiger partial charge is 0.363 e. The average molecular weight is 414 g/mol. The van der Waals surface area contributed by atoms with E-state index in [2.05, 4.69) is 38.0 Å². The van der Waals surface area contributed by atoms with Gasteiger partial charge in [-0.15, -0.1) is 11.3 Å². The van der Waals surface area contributed by atoms with E-state index in [-0.39, 0.29) is 5.91 Å². The summed E-state index contributed by atoms with van der Waals surface area (Å²) >= 11 is 1.80. The van der Waals surface area contributed by atoms with Gasteiger partial charge in [-0.05, 0) is 35.9 Å². The molecule has 1 aromatic carbocycles. The van der Waals surface area contributed by atoms with Crippen LogP contribution in [0.3, 0.4) is 0 Å². The zero-order valence-corrected chi connectivity index (χ0v) is 18.1. The van der Waals surface area contributed by atoms with Gasteiger partial charge in [-0.2, -0.15) is 0 Å². The summed E-state index contributed by atoms with van der Waals surface area (Å²) in [5.74, 6) is 0.902. The zero-order valence-electron chi connectivity index (χ0n) is 17.3. The molecule has 1 aliphatic rings. The topological polar surface area (TPSA) is 60.0 Å². The van der Waals surface area contributed by atoms with E-state index >= 15 is 0 Å². The highest BCUT2D eigenvalue weighted by atomic mass is 32.1. The van der Waals surface area contributed by atoms with Crippen LogP contribution in [-0.4, -0.2) is 56.5 Å². The van der Waals surface area contributed by atoms with E-state index in [1.54, 1.807) is 23.3 Å². The minimum atomic E-state index is 0.126. The summed E-state index contributed by atoms with van der Waals surface area (Å²) < 4.78 is 0. The van der Waals surface area contributed by atoms with Crippen LogP contribution in [0.1, 0.15) is 24.8 Å². The predicted octanol–water partition coefficient (Wildman–Crippen LogP) is 2.93. The molecule has 0 saturated carbocycles. The molecule has 1 amide bonds. The number of guanidine groups is 1. The fourth-order valence-electron chi connectivity index (χ4n) is 3.51. The van der Waals surface area contributed by atoms with Crippen molar-refractivity contribution in [3.05, 3.63) is 53.4 Å². The van der Waals surface area contributed by atoms with E-state index in [9.17, 15) is 4.79 Å². The van der Waals surface area contributed by atoms with Crippen molar-refractivity contribution in [3.63, 3.8) is 0 Å². The Kier molecular flexibility index (Phi) is 7.93. The molecule has 1 aromatic heterocycles. The van der Waals surface area contributed by atoms with Gasteiger partial charge in [0, 0.05) is 52.7 Å². The molecule has 2 aromatic rings. The molecular formula is C22H31N5OS. The quantitative estimate of drug-likeness (QED) is 0.541. The van der Waals surface area contributed by atoms with Gasteiger partial charge in [0.25, 0.3) is 0 Å². The Labute approximate surface area is 177 Å². The molecule has 0 bridgehead atoms. The Morgan fingerprint density at radius 2 is 1.97 bits per heavy atom. The molecule has 1 fully saturated rings. The molecule has 0 unspecified atom stereocenters. The van der Waals surface area contributed by atoms with E-state index in [0.717, 1.165) is 37.5 Å². The van der Waals surface area contributed by atoms with Crippen LogP contribution in [0.5, 0.6) is 0 Å². The van der Waals surface area contributed by atoms with Crippen LogP contribution < -0.4 is 15.5 Å². The number of carbonyl (C=O) groups excluding carboxylic acids is 1. The summed E-state index contributed by atoms with van der Waals surface area (Å²) in [5.41, 5.74) is 1.14. The number of aliphatic imine (C=N–C) groups is 1. The number of nitrogens with one attached hydrogen (secondary N) is 2. The number of hydrogen-bond acceptors (Lipinski definition) is 4. The van der Waals surface area contributed by atoms with E-state index < -0.39 is 0 Å². The van der Waals surface area contributed by atoms with Crippen molar-refractivity contribution < 1.29 is 4.79 Å². The molecule has 0 atom stereocenters. The molecule has 0 aliphatic carbocycles. The number of thiophene rings is 1. The van der Waals surface area contributed by atoms with Crippen LogP contribution in [0.15, 0.2) is 52.8 Å². The lowest BCUT2D eigenvalue weighted by Crippen LogP contribution is -2.49. The maximum atomic E-state index is 12.4. The third-order valence-corrected chi connectivity index (χ3v) is 6.13. The first-order chi connectivity index (χ1) is 14.2. The summed E-state index contributed by atoms with van der Waals surface area (Å²) in [7, 11) is 3.63. The van der Waals surface area contributed by atoms with Gasteiger partial charge in [-0.1, -0.05) is 30.3 Å². The summed E-state index contributed by atoms with van der Waals surface area (Å²) in [6, 6.07) is 14.8. The second-order valence-electron chi connectivity index (χ2n) is 7.34. The van der Waals surface area contributed by atoms with E-state index in [1.807, 2.05) is 37.4 Å². The summed E-state index contributed by atoms with van der Waals surface area (Å²) in [4.78, 5) is 20.9. The lowest BCUT2D eigenvalue weighted by Gasteiger charge is -2.33. The zero-order chi connectivity index (χ0) is 20.5. The second-order valence-corrected chi connectivity index (χ2v) is 8.27. The monoisotopic (exact) mass is 413 g/mol. The molecular weight excluding hydrogens is 382 g/mol. The van der Waals surface area contributed by atoms with Crippen LogP contribution in [0.2, 0.25) is 0 Å². The minimum Gasteiger partial charge on any atom is -0.363 e. The number of carbonyl (C=O) groups is 1. The normalized spacial score (nSPS) is 15.2. The van der Waals surface area contributed by atoms with Crippen molar-refractivity contribution in [1.29, 1.82) is 0 Å². The van der Waals surface area contributed by atoms with Crippen molar-refractivity contribution >= 4 is 28.2 Å². The number of amides is 1. The number of anilines is 1. The van der Waals surface area contributed by atoms with Crippen molar-refractivity contribution in [2.45, 2.75) is 31.8 Å². The molecule has 29 heavy (non-hydrogen) atoms. The third-order valence-electron chi connectivity index (χ3n) is 5.20. The highest BCUT2D eigenvalue weighted by Gasteiger charge is 2.20. The Hall–Kier alpha value is -2.54. The van der Waals surface area contributed by atoms with Gasteiger partial charge in [0.05, 0.1) is 5.00 Å². The summed E-state index contributed by atoms with van der Waals surface area (Å²) in [6.45, 7) is 3.32. The lowest BCUT2D eigenvalue weighted by molar-refractivity contribution is -0.130. The van der Waals surface area contributed by atoms with Crippen LogP contribution >= 0.6 is 11.3 Å². The van der Waals surface area contributed by atoms with Crippen LogP contribution in [-0.2, 0) is 11.3 Å². The molecule has 3 rings (SSSR count). The maximum absolute atomic E-state index is 12.4. The average Bonchev–Trinajstić information content (AvgIpc) is 3.29. The van der Waals surface area contributed by atoms with E-state index in [0.29, 0.717) is 25.6 Å². The fourth-order valence-corrected chi connectivity index (χ4v) is 4.29. The third kappa shape index (κ3) is 6.49. The van der Waals surface area contributed by atoms with Gasteiger partial charge in [0.2, 0.25) is 5.91 Å². The fraction of sp³-hybridized carbons (Fsp3) is 0.455. The standard InChI is InChI=1S/C22H31N5OS/c1-23-22(25-19-11-14-27(15-12-19)21-9-6-16-29-21)24-13-10-20(28)26(2)17-18-7-4-3-5-8-18/h3-9,16,19H,10-15,17H2,1-2H3,(H2,23,24,25). The van der Waals surface area contributed by atoms with E-state index in [4.69, 9.17) is 0 Å². The second kappa shape index (κ2) is 10.9. The Morgan fingerprint density at radius 1 is 1.21 bits per heavy atom. The van der Waals surface area contributed by atoms with Gasteiger partial charge < -0.3 is 20.4 Å². The molecule has 0 radical (unpaired) electrons. The lowest BCUT2D eigenvalue weighted by atomic mass is 10.1. The van der Waals surface area contributed by atoms with Gasteiger partial charge >= 0.3 is 0 Å². The highest BCUT2D eigenvalue weighted by Crippen LogP contribution is 2.24. The Balaban J connectivity index is 1.35. The Bertz CT molecular complexity index is 770. The first kappa shape index (κ1) is 21.2. The molecule has 7 heteroatoms.